The lowest BCUT2D eigenvalue weighted by Gasteiger charge is -1.98. The van der Waals surface area contributed by atoms with E-state index >= 15 is 0 Å². The van der Waals surface area contributed by atoms with Gasteiger partial charge in [-0.1, -0.05) is 29.8 Å². The Balaban J connectivity index is 3.06. The van der Waals surface area contributed by atoms with E-state index in [0.29, 0.717) is 0 Å². The Morgan fingerprint density at radius 2 is 2.18 bits per heavy atom. The van der Waals surface area contributed by atoms with E-state index in [0.717, 1.165) is 11.3 Å². The Morgan fingerprint density at radius 3 is 2.73 bits per heavy atom. The molecule has 0 saturated heterocycles. The minimum Gasteiger partial charge on any atom is -0.323 e. The topological polar surface area (TPSA) is 38.4 Å². The van der Waals surface area contributed by atoms with Crippen LogP contribution < -0.4 is 5.84 Å². The average Bonchev–Trinajstić information content (AvgIpc) is 2.03. The Labute approximate surface area is 66.7 Å². The molecule has 1 aromatic carbocycles. The standard InChI is InChI=1S/C9H12N2/c1-7-4-3-5-9(6-7)8(2)11-10/h3-6H,10H2,1-2H3. The summed E-state index contributed by atoms with van der Waals surface area (Å²) >= 11 is 0. The summed E-state index contributed by atoms with van der Waals surface area (Å²) in [6.45, 7) is 3.95. The molecule has 1 aromatic rings. The van der Waals surface area contributed by atoms with Crippen molar-refractivity contribution in [1.82, 2.24) is 0 Å². The number of nitrogens with zero attached hydrogens (tertiary/aromatic N) is 1. The summed E-state index contributed by atoms with van der Waals surface area (Å²) in [6.07, 6.45) is 0. The molecule has 0 aliphatic rings. The Kier molecular flexibility index (Phi) is 2.26. The number of rotatable bonds is 1. The van der Waals surface area contributed by atoms with Gasteiger partial charge in [-0.2, -0.15) is 5.10 Å². The Hall–Kier alpha value is -1.31. The van der Waals surface area contributed by atoms with E-state index < -0.39 is 0 Å². The van der Waals surface area contributed by atoms with Gasteiger partial charge < -0.3 is 5.84 Å². The van der Waals surface area contributed by atoms with Crippen LogP contribution in [0.4, 0.5) is 0 Å². The van der Waals surface area contributed by atoms with Crippen LogP contribution in [0.5, 0.6) is 0 Å². The molecule has 0 bridgehead atoms. The number of nitrogens with two attached hydrogens (primary N) is 1. The molecule has 0 aliphatic carbocycles. The number of aryl methyl sites for hydroxylation is 1. The molecule has 0 heterocycles. The van der Waals surface area contributed by atoms with E-state index in [-0.39, 0.29) is 0 Å². The third kappa shape index (κ3) is 1.80. The van der Waals surface area contributed by atoms with Crippen molar-refractivity contribution in [3.05, 3.63) is 35.4 Å². The van der Waals surface area contributed by atoms with Crippen LogP contribution in [0.3, 0.4) is 0 Å². The summed E-state index contributed by atoms with van der Waals surface area (Å²) in [6, 6.07) is 8.11. The molecule has 2 heteroatoms. The predicted octanol–water partition coefficient (Wildman–Crippen LogP) is 1.68. The van der Waals surface area contributed by atoms with E-state index in [2.05, 4.69) is 11.2 Å². The largest absolute Gasteiger partial charge is 0.323 e. The van der Waals surface area contributed by atoms with Gasteiger partial charge in [0.1, 0.15) is 0 Å². The van der Waals surface area contributed by atoms with Crippen molar-refractivity contribution in [3.8, 4) is 0 Å². The first-order chi connectivity index (χ1) is 5.24. The van der Waals surface area contributed by atoms with Crippen LogP contribution in [0.2, 0.25) is 0 Å². The molecule has 0 radical (unpaired) electrons. The molecule has 1 rings (SSSR count). The van der Waals surface area contributed by atoms with Gasteiger partial charge in [-0.05, 0) is 19.4 Å². The normalized spacial score (nSPS) is 11.6. The fourth-order valence-corrected chi connectivity index (χ4v) is 0.945. The summed E-state index contributed by atoms with van der Waals surface area (Å²) in [5.41, 5.74) is 3.19. The van der Waals surface area contributed by atoms with Gasteiger partial charge in [0.05, 0.1) is 5.71 Å². The van der Waals surface area contributed by atoms with Crippen molar-refractivity contribution >= 4 is 5.71 Å². The summed E-state index contributed by atoms with van der Waals surface area (Å²) in [4.78, 5) is 0. The average molecular weight is 148 g/mol. The van der Waals surface area contributed by atoms with Crippen LogP contribution in [0.1, 0.15) is 18.1 Å². The summed E-state index contributed by atoms with van der Waals surface area (Å²) < 4.78 is 0. The van der Waals surface area contributed by atoms with Crippen LogP contribution in [-0.2, 0) is 0 Å². The highest BCUT2D eigenvalue weighted by Gasteiger charge is 1.94. The fraction of sp³-hybridized carbons (Fsp3) is 0.222. The fourth-order valence-electron chi connectivity index (χ4n) is 0.945. The maximum Gasteiger partial charge on any atom is 0.0641 e. The van der Waals surface area contributed by atoms with Crippen molar-refractivity contribution in [2.75, 3.05) is 0 Å². The van der Waals surface area contributed by atoms with Gasteiger partial charge in [-0.3, -0.25) is 0 Å². The van der Waals surface area contributed by atoms with Crippen molar-refractivity contribution in [1.29, 1.82) is 0 Å². The lowest BCUT2D eigenvalue weighted by atomic mass is 10.1. The number of hydrogen-bond acceptors (Lipinski definition) is 2. The summed E-state index contributed by atoms with van der Waals surface area (Å²) in [5, 5.41) is 3.62. The molecule has 0 saturated carbocycles. The van der Waals surface area contributed by atoms with Crippen molar-refractivity contribution in [2.45, 2.75) is 13.8 Å². The zero-order chi connectivity index (χ0) is 8.27. The molecule has 11 heavy (non-hydrogen) atoms. The van der Waals surface area contributed by atoms with Crippen molar-refractivity contribution in [2.24, 2.45) is 10.9 Å². The molecule has 2 nitrogen and oxygen atoms in total. The second-order valence-electron chi connectivity index (χ2n) is 2.58. The number of benzene rings is 1. The first kappa shape index (κ1) is 7.79. The van der Waals surface area contributed by atoms with E-state index in [1.807, 2.05) is 32.0 Å². The first-order valence-electron chi connectivity index (χ1n) is 3.55. The maximum absolute atomic E-state index is 5.14. The van der Waals surface area contributed by atoms with Crippen molar-refractivity contribution in [3.63, 3.8) is 0 Å². The lowest BCUT2D eigenvalue weighted by molar-refractivity contribution is 1.23. The predicted molar refractivity (Wildman–Crippen MR) is 47.6 cm³/mol. The van der Waals surface area contributed by atoms with Crippen LogP contribution >= 0.6 is 0 Å². The first-order valence-corrected chi connectivity index (χ1v) is 3.55. The van der Waals surface area contributed by atoms with E-state index in [4.69, 9.17) is 5.84 Å². The molecular formula is C9H12N2. The second-order valence-corrected chi connectivity index (χ2v) is 2.58. The van der Waals surface area contributed by atoms with E-state index in [1.54, 1.807) is 0 Å². The molecular weight excluding hydrogens is 136 g/mol. The van der Waals surface area contributed by atoms with Gasteiger partial charge in [0, 0.05) is 0 Å². The molecule has 0 atom stereocenters. The minimum atomic E-state index is 0.869. The minimum absolute atomic E-state index is 0.869. The molecule has 0 aliphatic heterocycles. The Bertz CT molecular complexity index is 277. The maximum atomic E-state index is 5.14. The summed E-state index contributed by atoms with van der Waals surface area (Å²) in [7, 11) is 0. The zero-order valence-electron chi connectivity index (χ0n) is 6.83. The highest BCUT2D eigenvalue weighted by Crippen LogP contribution is 2.04. The van der Waals surface area contributed by atoms with Crippen LogP contribution in [0, 0.1) is 6.92 Å². The molecule has 0 fully saturated rings. The second kappa shape index (κ2) is 3.19. The van der Waals surface area contributed by atoms with Gasteiger partial charge in [0.15, 0.2) is 0 Å². The van der Waals surface area contributed by atoms with Gasteiger partial charge >= 0.3 is 0 Å². The Morgan fingerprint density at radius 1 is 1.45 bits per heavy atom. The van der Waals surface area contributed by atoms with Gasteiger partial charge in [-0.15, -0.1) is 0 Å². The third-order valence-electron chi connectivity index (χ3n) is 1.63. The van der Waals surface area contributed by atoms with Gasteiger partial charge in [0.2, 0.25) is 0 Å². The van der Waals surface area contributed by atoms with Gasteiger partial charge in [0.25, 0.3) is 0 Å². The lowest BCUT2D eigenvalue weighted by Crippen LogP contribution is -1.98. The SMILES string of the molecule is CC(=NN)c1cccc(C)c1. The molecule has 58 valence electrons. The van der Waals surface area contributed by atoms with Crippen LogP contribution in [0.25, 0.3) is 0 Å². The monoisotopic (exact) mass is 148 g/mol. The van der Waals surface area contributed by atoms with Gasteiger partial charge in [-0.25, -0.2) is 0 Å². The quantitative estimate of drug-likeness (QED) is 0.367. The third-order valence-corrected chi connectivity index (χ3v) is 1.63. The van der Waals surface area contributed by atoms with Crippen LogP contribution in [-0.4, -0.2) is 5.71 Å². The molecule has 0 aromatic heterocycles. The molecule has 0 unspecified atom stereocenters. The number of hydrogen-bond donors (Lipinski definition) is 1. The highest BCUT2D eigenvalue weighted by molar-refractivity contribution is 5.98. The van der Waals surface area contributed by atoms with E-state index in [9.17, 15) is 0 Å². The molecule has 0 amide bonds. The van der Waals surface area contributed by atoms with E-state index in [1.165, 1.54) is 5.56 Å². The van der Waals surface area contributed by atoms with Crippen molar-refractivity contribution < 1.29 is 0 Å². The smallest absolute Gasteiger partial charge is 0.0641 e. The molecule has 0 spiro atoms. The summed E-state index contributed by atoms with van der Waals surface area (Å²) in [5.74, 6) is 5.14. The highest BCUT2D eigenvalue weighted by atomic mass is 15.1. The zero-order valence-corrected chi connectivity index (χ0v) is 6.83. The number of hydrazone groups is 1. The van der Waals surface area contributed by atoms with Crippen LogP contribution in [0.15, 0.2) is 29.4 Å². The molecule has 2 N–H and O–H groups in total.